The van der Waals surface area contributed by atoms with Crippen LogP contribution in [0.3, 0.4) is 0 Å². The Morgan fingerprint density at radius 3 is 2.44 bits per heavy atom. The van der Waals surface area contributed by atoms with Crippen LogP contribution in [0.5, 0.6) is 0 Å². The second-order valence-electron chi connectivity index (χ2n) is 2.82. The molecule has 0 aromatic rings. The third-order valence-corrected chi connectivity index (χ3v) is 4.93. The first-order chi connectivity index (χ1) is 4.47. The van der Waals surface area contributed by atoms with E-state index in [2.05, 4.69) is 23.5 Å². The summed E-state index contributed by atoms with van der Waals surface area (Å²) in [4.78, 5) is 0. The lowest BCUT2D eigenvalue weighted by Crippen LogP contribution is -2.25. The third kappa shape index (κ3) is 1.25. The van der Waals surface area contributed by atoms with Gasteiger partial charge in [0.2, 0.25) is 0 Å². The monoisotopic (exact) mass is 160 g/mol. The van der Waals surface area contributed by atoms with Crippen molar-refractivity contribution >= 4 is 23.5 Å². The number of hydrogen-bond donors (Lipinski definition) is 0. The Bertz CT molecular complexity index is 93.1. The molecule has 0 aromatic carbocycles. The van der Waals surface area contributed by atoms with Gasteiger partial charge >= 0.3 is 0 Å². The summed E-state index contributed by atoms with van der Waals surface area (Å²) in [6, 6.07) is 0. The van der Waals surface area contributed by atoms with Gasteiger partial charge in [0.25, 0.3) is 0 Å². The molecule has 52 valence electrons. The highest BCUT2D eigenvalue weighted by atomic mass is 32.2. The summed E-state index contributed by atoms with van der Waals surface area (Å²) in [5, 5.41) is 1.07. The van der Waals surface area contributed by atoms with E-state index in [9.17, 15) is 0 Å². The van der Waals surface area contributed by atoms with E-state index in [1.54, 1.807) is 0 Å². The predicted molar refractivity (Wildman–Crippen MR) is 46.3 cm³/mol. The number of thioether (sulfide) groups is 2. The molecule has 0 nitrogen and oxygen atoms in total. The Kier molecular flexibility index (Phi) is 1.96. The Morgan fingerprint density at radius 2 is 2.00 bits per heavy atom. The van der Waals surface area contributed by atoms with Gasteiger partial charge in [-0.15, -0.1) is 0 Å². The summed E-state index contributed by atoms with van der Waals surface area (Å²) in [7, 11) is 0. The standard InChI is InChI=1S/C7H12S2/c1-3-8-5-6(1)7-2-4-9-7/h6-7H,1-5H2. The van der Waals surface area contributed by atoms with Crippen molar-refractivity contribution in [1.82, 2.24) is 0 Å². The average molecular weight is 160 g/mol. The van der Waals surface area contributed by atoms with Crippen LogP contribution < -0.4 is 0 Å². The van der Waals surface area contributed by atoms with E-state index in [0.29, 0.717) is 0 Å². The Labute approximate surface area is 65.2 Å². The van der Waals surface area contributed by atoms with Gasteiger partial charge in [-0.3, -0.25) is 0 Å². The molecule has 2 saturated heterocycles. The number of rotatable bonds is 1. The molecule has 0 aromatic heterocycles. The van der Waals surface area contributed by atoms with E-state index < -0.39 is 0 Å². The molecule has 2 heterocycles. The second-order valence-corrected chi connectivity index (χ2v) is 5.32. The van der Waals surface area contributed by atoms with Gasteiger partial charge in [0.05, 0.1) is 0 Å². The van der Waals surface area contributed by atoms with Gasteiger partial charge in [0.1, 0.15) is 0 Å². The van der Waals surface area contributed by atoms with Gasteiger partial charge in [-0.2, -0.15) is 23.5 Å². The van der Waals surface area contributed by atoms with Crippen molar-refractivity contribution in [3.8, 4) is 0 Å². The molecule has 2 fully saturated rings. The molecule has 0 aliphatic carbocycles. The first-order valence-electron chi connectivity index (χ1n) is 3.66. The molecule has 2 aliphatic rings. The summed E-state index contributed by atoms with van der Waals surface area (Å²) >= 11 is 4.34. The summed E-state index contributed by atoms with van der Waals surface area (Å²) < 4.78 is 0. The van der Waals surface area contributed by atoms with Crippen molar-refractivity contribution < 1.29 is 0 Å². The quantitative estimate of drug-likeness (QED) is 0.577. The smallest absolute Gasteiger partial charge is 0.00913 e. The SMILES string of the molecule is C1CC(C2CCS2)CS1. The summed E-state index contributed by atoms with van der Waals surface area (Å²) in [6.07, 6.45) is 3.01. The summed E-state index contributed by atoms with van der Waals surface area (Å²) in [5.41, 5.74) is 0. The van der Waals surface area contributed by atoms with Crippen molar-refractivity contribution in [1.29, 1.82) is 0 Å². The van der Waals surface area contributed by atoms with Crippen LogP contribution in [0, 0.1) is 5.92 Å². The first kappa shape index (κ1) is 6.41. The fourth-order valence-corrected chi connectivity index (χ4v) is 3.94. The molecule has 0 N–H and O–H groups in total. The molecule has 2 unspecified atom stereocenters. The maximum Gasteiger partial charge on any atom is 0.00913 e. The van der Waals surface area contributed by atoms with Crippen LogP contribution in [-0.2, 0) is 0 Å². The van der Waals surface area contributed by atoms with E-state index in [0.717, 1.165) is 11.2 Å². The van der Waals surface area contributed by atoms with Crippen molar-refractivity contribution in [2.75, 3.05) is 17.3 Å². The van der Waals surface area contributed by atoms with Gasteiger partial charge in [-0.1, -0.05) is 0 Å². The second kappa shape index (κ2) is 2.75. The van der Waals surface area contributed by atoms with Gasteiger partial charge < -0.3 is 0 Å². The van der Waals surface area contributed by atoms with E-state index >= 15 is 0 Å². The zero-order chi connectivity index (χ0) is 6.10. The van der Waals surface area contributed by atoms with Gasteiger partial charge in [0, 0.05) is 5.25 Å². The van der Waals surface area contributed by atoms with E-state index in [-0.39, 0.29) is 0 Å². The molecule has 0 amide bonds. The minimum Gasteiger partial charge on any atom is -0.162 e. The normalized spacial score (nSPS) is 42.7. The zero-order valence-electron chi connectivity index (χ0n) is 5.51. The Hall–Kier alpha value is 0.700. The fraction of sp³-hybridized carbons (Fsp3) is 1.00. The van der Waals surface area contributed by atoms with Crippen molar-refractivity contribution in [2.24, 2.45) is 5.92 Å². The van der Waals surface area contributed by atoms with Gasteiger partial charge in [0.15, 0.2) is 0 Å². The molecule has 2 heteroatoms. The van der Waals surface area contributed by atoms with Gasteiger partial charge in [-0.05, 0) is 36.0 Å². The summed E-state index contributed by atoms with van der Waals surface area (Å²) in [6.45, 7) is 0. The molecular formula is C7H12S2. The van der Waals surface area contributed by atoms with E-state index in [4.69, 9.17) is 0 Å². The van der Waals surface area contributed by atoms with Crippen molar-refractivity contribution in [2.45, 2.75) is 18.1 Å². The molecule has 0 spiro atoms. The number of hydrogen-bond acceptors (Lipinski definition) is 2. The van der Waals surface area contributed by atoms with Crippen LogP contribution in [0.2, 0.25) is 0 Å². The minimum absolute atomic E-state index is 1.07. The Balaban J connectivity index is 1.82. The molecular weight excluding hydrogens is 148 g/mol. The average Bonchev–Trinajstić information content (AvgIpc) is 2.11. The van der Waals surface area contributed by atoms with Crippen molar-refractivity contribution in [3.05, 3.63) is 0 Å². The molecule has 2 atom stereocenters. The highest BCUT2D eigenvalue weighted by Gasteiger charge is 2.29. The minimum atomic E-state index is 1.07. The lowest BCUT2D eigenvalue weighted by Gasteiger charge is -2.29. The molecule has 0 bridgehead atoms. The van der Waals surface area contributed by atoms with Crippen molar-refractivity contribution in [3.63, 3.8) is 0 Å². The predicted octanol–water partition coefficient (Wildman–Crippen LogP) is 2.25. The van der Waals surface area contributed by atoms with Crippen LogP contribution in [0.4, 0.5) is 0 Å². The van der Waals surface area contributed by atoms with E-state index in [1.165, 1.54) is 30.1 Å². The van der Waals surface area contributed by atoms with Gasteiger partial charge in [-0.25, -0.2) is 0 Å². The fourth-order valence-electron chi connectivity index (χ4n) is 1.47. The van der Waals surface area contributed by atoms with Crippen LogP contribution >= 0.6 is 23.5 Å². The lowest BCUT2D eigenvalue weighted by molar-refractivity contribution is 0.536. The van der Waals surface area contributed by atoms with Crippen LogP contribution in [-0.4, -0.2) is 22.5 Å². The third-order valence-electron chi connectivity index (χ3n) is 2.22. The highest BCUT2D eigenvalue weighted by molar-refractivity contribution is 8.01. The molecule has 0 radical (unpaired) electrons. The first-order valence-corrected chi connectivity index (χ1v) is 5.86. The van der Waals surface area contributed by atoms with Crippen LogP contribution in [0.1, 0.15) is 12.8 Å². The molecule has 2 rings (SSSR count). The van der Waals surface area contributed by atoms with Crippen LogP contribution in [0.15, 0.2) is 0 Å². The summed E-state index contributed by atoms with van der Waals surface area (Å²) in [5.74, 6) is 5.42. The zero-order valence-corrected chi connectivity index (χ0v) is 7.14. The molecule has 2 aliphatic heterocycles. The molecule has 9 heavy (non-hydrogen) atoms. The largest absolute Gasteiger partial charge is 0.162 e. The van der Waals surface area contributed by atoms with Crippen LogP contribution in [0.25, 0.3) is 0 Å². The maximum absolute atomic E-state index is 2.19. The highest BCUT2D eigenvalue weighted by Crippen LogP contribution is 2.40. The molecule has 0 saturated carbocycles. The Morgan fingerprint density at radius 1 is 1.11 bits per heavy atom. The maximum atomic E-state index is 2.19. The van der Waals surface area contributed by atoms with E-state index in [1.807, 2.05) is 0 Å². The topological polar surface area (TPSA) is 0 Å². The lowest BCUT2D eigenvalue weighted by atomic mass is 10.0.